The fourth-order valence-corrected chi connectivity index (χ4v) is 1.52. The van der Waals surface area contributed by atoms with Gasteiger partial charge in [0.15, 0.2) is 0 Å². The van der Waals surface area contributed by atoms with E-state index in [1.54, 1.807) is 6.20 Å². The second-order valence-corrected chi connectivity index (χ2v) is 3.72. The Morgan fingerprint density at radius 3 is 2.44 bits per heavy atom. The zero-order valence-corrected chi connectivity index (χ0v) is 10.7. The van der Waals surface area contributed by atoms with Crippen LogP contribution in [0.1, 0.15) is 45.0 Å². The molecule has 0 spiro atoms. The van der Waals surface area contributed by atoms with Crippen molar-refractivity contribution < 1.29 is 0 Å². The molecule has 0 aliphatic carbocycles. The summed E-state index contributed by atoms with van der Waals surface area (Å²) in [6.07, 6.45) is 1.80. The topological polar surface area (TPSA) is 38.7 Å². The number of pyridine rings is 1. The predicted molar refractivity (Wildman–Crippen MR) is 67.5 cm³/mol. The largest absolute Gasteiger partial charge is 0.254 e. The quantitative estimate of drug-likeness (QED) is 0.734. The Morgan fingerprint density at radius 2 is 1.81 bits per heavy atom. The van der Waals surface area contributed by atoms with Crippen molar-refractivity contribution in [1.82, 2.24) is 15.2 Å². The normalized spacial score (nSPS) is 10.1. The van der Waals surface area contributed by atoms with Crippen molar-refractivity contribution in [2.45, 2.75) is 40.5 Å². The first-order chi connectivity index (χ1) is 7.70. The maximum atomic E-state index is 4.36. The van der Waals surface area contributed by atoms with Gasteiger partial charge in [0.2, 0.25) is 0 Å². The van der Waals surface area contributed by atoms with Gasteiger partial charge in [0.25, 0.3) is 0 Å². The van der Waals surface area contributed by atoms with E-state index < -0.39 is 0 Å². The van der Waals surface area contributed by atoms with E-state index >= 15 is 0 Å². The molecule has 0 saturated heterocycles. The molecule has 0 radical (unpaired) electrons. The Hall–Kier alpha value is -1.51. The van der Waals surface area contributed by atoms with Crippen molar-refractivity contribution >= 4 is 10.9 Å². The molecule has 0 N–H and O–H groups in total. The van der Waals surface area contributed by atoms with Crippen molar-refractivity contribution in [1.29, 1.82) is 0 Å². The van der Waals surface area contributed by atoms with Crippen LogP contribution in [0.25, 0.3) is 10.9 Å². The summed E-state index contributed by atoms with van der Waals surface area (Å²) < 4.78 is 0. The molecule has 3 nitrogen and oxygen atoms in total. The summed E-state index contributed by atoms with van der Waals surface area (Å²) in [6.45, 7) is 10.2. The van der Waals surface area contributed by atoms with Crippen molar-refractivity contribution in [3.8, 4) is 0 Å². The van der Waals surface area contributed by atoms with Crippen LogP contribution < -0.4 is 0 Å². The van der Waals surface area contributed by atoms with Gasteiger partial charge in [-0.25, -0.2) is 0 Å². The van der Waals surface area contributed by atoms with Gasteiger partial charge in [0.1, 0.15) is 0 Å². The molecule has 0 aliphatic heterocycles. The predicted octanol–water partition coefficient (Wildman–Crippen LogP) is 3.48. The molecule has 2 aromatic rings. The molecule has 2 rings (SSSR count). The molecule has 0 atom stereocenters. The van der Waals surface area contributed by atoms with E-state index in [4.69, 9.17) is 0 Å². The molecule has 2 heterocycles. The van der Waals surface area contributed by atoms with Gasteiger partial charge in [-0.2, -0.15) is 10.2 Å². The first-order valence-electron chi connectivity index (χ1n) is 5.78. The number of aromatic nitrogens is 3. The van der Waals surface area contributed by atoms with E-state index in [1.165, 1.54) is 0 Å². The van der Waals surface area contributed by atoms with Gasteiger partial charge in [-0.05, 0) is 25.0 Å². The molecule has 0 fully saturated rings. The third kappa shape index (κ3) is 2.35. The number of fused-ring (bicyclic) bond motifs is 1. The van der Waals surface area contributed by atoms with Crippen molar-refractivity contribution in [2.75, 3.05) is 0 Å². The molecule has 0 aromatic carbocycles. The average Bonchev–Trinajstić information content (AvgIpc) is 2.32. The Bertz CT molecular complexity index is 464. The summed E-state index contributed by atoms with van der Waals surface area (Å²) in [5.74, 6) is 0.362. The minimum atomic E-state index is 0.362. The second kappa shape index (κ2) is 5.54. The monoisotopic (exact) mass is 217 g/mol. The van der Waals surface area contributed by atoms with Crippen LogP contribution in [0.5, 0.6) is 0 Å². The summed E-state index contributed by atoms with van der Waals surface area (Å²) in [5, 5.41) is 9.43. The third-order valence-electron chi connectivity index (χ3n) is 2.29. The minimum Gasteiger partial charge on any atom is -0.254 e. The van der Waals surface area contributed by atoms with Crippen molar-refractivity contribution in [2.24, 2.45) is 0 Å². The van der Waals surface area contributed by atoms with E-state index in [-0.39, 0.29) is 0 Å². The van der Waals surface area contributed by atoms with Gasteiger partial charge in [0, 0.05) is 11.6 Å². The Kier molecular flexibility index (Phi) is 4.35. The van der Waals surface area contributed by atoms with Crippen LogP contribution in [0.4, 0.5) is 0 Å². The van der Waals surface area contributed by atoms with Crippen LogP contribution in [-0.4, -0.2) is 15.2 Å². The molecule has 3 heteroatoms. The highest BCUT2D eigenvalue weighted by Gasteiger charge is 2.09. The summed E-state index contributed by atoms with van der Waals surface area (Å²) in [6, 6.07) is 3.97. The Labute approximate surface area is 96.9 Å². The van der Waals surface area contributed by atoms with Crippen molar-refractivity contribution in [3.63, 3.8) is 0 Å². The molecule has 0 unspecified atom stereocenters. The van der Waals surface area contributed by atoms with Crippen LogP contribution >= 0.6 is 0 Å². The smallest absolute Gasteiger partial charge is 0.0957 e. The van der Waals surface area contributed by atoms with Gasteiger partial charge in [-0.3, -0.25) is 4.98 Å². The fourth-order valence-electron chi connectivity index (χ4n) is 1.52. The average molecular weight is 217 g/mol. The van der Waals surface area contributed by atoms with Crippen LogP contribution in [0, 0.1) is 6.92 Å². The molecule has 0 saturated carbocycles. The number of hydrogen-bond donors (Lipinski definition) is 0. The molecule has 2 aromatic heterocycles. The molecule has 16 heavy (non-hydrogen) atoms. The van der Waals surface area contributed by atoms with Crippen molar-refractivity contribution in [3.05, 3.63) is 29.7 Å². The molecular weight excluding hydrogens is 198 g/mol. The second-order valence-electron chi connectivity index (χ2n) is 3.72. The number of hydrogen-bond acceptors (Lipinski definition) is 3. The highest BCUT2D eigenvalue weighted by atomic mass is 15.1. The van der Waals surface area contributed by atoms with Crippen LogP contribution in [0.15, 0.2) is 18.3 Å². The van der Waals surface area contributed by atoms with Gasteiger partial charge >= 0.3 is 0 Å². The lowest BCUT2D eigenvalue weighted by atomic mass is 10.1. The van der Waals surface area contributed by atoms with Crippen LogP contribution in [-0.2, 0) is 0 Å². The van der Waals surface area contributed by atoms with Gasteiger partial charge < -0.3 is 0 Å². The fraction of sp³-hybridized carbons (Fsp3) is 0.462. The van der Waals surface area contributed by atoms with Crippen LogP contribution in [0.2, 0.25) is 0 Å². The minimum absolute atomic E-state index is 0.362. The lowest BCUT2D eigenvalue weighted by Crippen LogP contribution is -2.00. The summed E-state index contributed by atoms with van der Waals surface area (Å²) in [7, 11) is 0. The number of aryl methyl sites for hydroxylation is 1. The van der Waals surface area contributed by atoms with E-state index in [0.29, 0.717) is 5.92 Å². The zero-order valence-electron chi connectivity index (χ0n) is 10.7. The highest BCUT2D eigenvalue weighted by molar-refractivity contribution is 5.82. The lowest BCUT2D eigenvalue weighted by molar-refractivity contribution is 0.788. The molecule has 0 bridgehead atoms. The maximum Gasteiger partial charge on any atom is 0.0957 e. The molecule has 0 amide bonds. The SMILES string of the molecule is CC.Cc1nnc(C(C)C)c2ncccc12. The van der Waals surface area contributed by atoms with E-state index in [1.807, 2.05) is 32.9 Å². The summed E-state index contributed by atoms with van der Waals surface area (Å²) in [5.41, 5.74) is 2.90. The number of rotatable bonds is 1. The summed E-state index contributed by atoms with van der Waals surface area (Å²) >= 11 is 0. The molecule has 86 valence electrons. The Morgan fingerprint density at radius 1 is 1.12 bits per heavy atom. The van der Waals surface area contributed by atoms with E-state index in [0.717, 1.165) is 22.3 Å². The third-order valence-corrected chi connectivity index (χ3v) is 2.29. The van der Waals surface area contributed by atoms with Crippen LogP contribution in [0.3, 0.4) is 0 Å². The van der Waals surface area contributed by atoms with Gasteiger partial charge in [0.05, 0.1) is 16.9 Å². The molecular formula is C13H19N3. The standard InChI is InChI=1S/C11H13N3.C2H6/c1-7(2)10-11-9(5-4-6-12-11)8(3)13-14-10;1-2/h4-7H,1-3H3;1-2H3. The first-order valence-corrected chi connectivity index (χ1v) is 5.78. The highest BCUT2D eigenvalue weighted by Crippen LogP contribution is 2.21. The summed E-state index contributed by atoms with van der Waals surface area (Å²) in [4.78, 5) is 4.36. The van der Waals surface area contributed by atoms with E-state index in [9.17, 15) is 0 Å². The Balaban J connectivity index is 0.000000606. The van der Waals surface area contributed by atoms with E-state index in [2.05, 4.69) is 29.0 Å². The number of nitrogens with zero attached hydrogens (tertiary/aromatic N) is 3. The lowest BCUT2D eigenvalue weighted by Gasteiger charge is -2.07. The zero-order chi connectivity index (χ0) is 12.1. The molecule has 0 aliphatic rings. The first kappa shape index (κ1) is 12.6. The maximum absolute atomic E-state index is 4.36. The van der Waals surface area contributed by atoms with Gasteiger partial charge in [-0.15, -0.1) is 0 Å². The van der Waals surface area contributed by atoms with Gasteiger partial charge in [-0.1, -0.05) is 27.7 Å².